The maximum Gasteiger partial charge on any atom is -0.00159 e. The Hall–Kier alpha value is -2.90. The number of benzene rings is 3. The molecule has 0 bridgehead atoms. The number of allylic oxidation sites excluding steroid dienone is 3. The number of aryl methyl sites for hydroxylation is 4. The number of likely N-dealkylation sites (tertiary alicyclic amines) is 1. The first-order valence-electron chi connectivity index (χ1n) is 15.9. The average Bonchev–Trinajstić information content (AvgIpc) is 2.94. The van der Waals surface area contributed by atoms with E-state index >= 15 is 0 Å². The third kappa shape index (κ3) is 7.89. The van der Waals surface area contributed by atoms with Gasteiger partial charge in [-0.15, -0.1) is 0 Å². The van der Waals surface area contributed by atoms with E-state index in [1.54, 1.807) is 5.56 Å². The lowest BCUT2D eigenvalue weighted by atomic mass is 9.77. The maximum atomic E-state index is 4.56. The van der Waals surface area contributed by atoms with Gasteiger partial charge in [0.1, 0.15) is 0 Å². The zero-order valence-electron chi connectivity index (χ0n) is 26.9. The summed E-state index contributed by atoms with van der Waals surface area (Å²) in [5, 5.41) is 0. The zero-order valence-corrected chi connectivity index (χ0v) is 26.9. The van der Waals surface area contributed by atoms with Gasteiger partial charge in [0, 0.05) is 0 Å². The van der Waals surface area contributed by atoms with Gasteiger partial charge in [-0.3, -0.25) is 0 Å². The molecular weight excluding hydrogens is 494 g/mol. The van der Waals surface area contributed by atoms with E-state index < -0.39 is 0 Å². The summed E-state index contributed by atoms with van der Waals surface area (Å²) in [6, 6.07) is 23.1. The first kappa shape index (κ1) is 31.0. The Morgan fingerprint density at radius 3 is 2.15 bits per heavy atom. The van der Waals surface area contributed by atoms with E-state index in [4.69, 9.17) is 0 Å². The van der Waals surface area contributed by atoms with E-state index in [1.807, 2.05) is 0 Å². The second kappa shape index (κ2) is 13.8. The molecule has 0 spiro atoms. The van der Waals surface area contributed by atoms with Crippen LogP contribution >= 0.6 is 0 Å². The van der Waals surface area contributed by atoms with Gasteiger partial charge in [0.25, 0.3) is 0 Å². The van der Waals surface area contributed by atoms with Gasteiger partial charge in [-0.05, 0) is 146 Å². The van der Waals surface area contributed by atoms with Crippen LogP contribution < -0.4 is 0 Å². The fraction of sp³-hybridized carbons (Fsp3) is 0.450. The van der Waals surface area contributed by atoms with E-state index in [2.05, 4.69) is 127 Å². The third-order valence-corrected chi connectivity index (χ3v) is 9.24. The highest BCUT2D eigenvalue weighted by Gasteiger charge is 2.23. The quantitative estimate of drug-likeness (QED) is 0.180. The number of hydrogen-bond acceptors (Lipinski definition) is 1. The fourth-order valence-electron chi connectivity index (χ4n) is 6.53. The summed E-state index contributed by atoms with van der Waals surface area (Å²) in [6.45, 7) is 20.7. The molecule has 3 aromatic carbocycles. The van der Waals surface area contributed by atoms with E-state index in [-0.39, 0.29) is 5.41 Å². The second-order valence-corrected chi connectivity index (χ2v) is 13.4. The minimum Gasteiger partial charge on any atom is -0.306 e. The zero-order chi connectivity index (χ0) is 29.6. The highest BCUT2D eigenvalue weighted by atomic mass is 15.1. The first-order valence-corrected chi connectivity index (χ1v) is 15.9. The minimum atomic E-state index is 0.0533. The molecule has 1 aliphatic rings. The van der Waals surface area contributed by atoms with Crippen LogP contribution in [-0.4, -0.2) is 25.0 Å². The average molecular weight is 548 g/mol. The van der Waals surface area contributed by atoms with Gasteiger partial charge in [0.15, 0.2) is 0 Å². The molecule has 41 heavy (non-hydrogen) atoms. The molecule has 0 unspecified atom stereocenters. The van der Waals surface area contributed by atoms with Crippen molar-refractivity contribution in [1.82, 2.24) is 4.90 Å². The van der Waals surface area contributed by atoms with Crippen molar-refractivity contribution in [2.45, 2.75) is 97.8 Å². The van der Waals surface area contributed by atoms with Crippen molar-refractivity contribution < 1.29 is 0 Å². The van der Waals surface area contributed by atoms with Crippen molar-refractivity contribution in [3.8, 4) is 0 Å². The summed E-state index contributed by atoms with van der Waals surface area (Å²) < 4.78 is 0. The summed E-state index contributed by atoms with van der Waals surface area (Å²) >= 11 is 0. The van der Waals surface area contributed by atoms with Crippen molar-refractivity contribution >= 4 is 11.1 Å². The molecule has 1 aliphatic heterocycles. The highest BCUT2D eigenvalue weighted by molar-refractivity contribution is 6.05. The Labute approximate surface area is 251 Å². The van der Waals surface area contributed by atoms with Gasteiger partial charge in [-0.2, -0.15) is 0 Å². The molecular formula is C40H53N. The van der Waals surface area contributed by atoms with Gasteiger partial charge in [-0.1, -0.05) is 101 Å². The largest absolute Gasteiger partial charge is 0.306 e. The van der Waals surface area contributed by atoms with Crippen molar-refractivity contribution in [2.24, 2.45) is 0 Å². The number of rotatable bonds is 10. The third-order valence-electron chi connectivity index (χ3n) is 9.24. The monoisotopic (exact) mass is 547 g/mol. The van der Waals surface area contributed by atoms with Gasteiger partial charge in [0.05, 0.1) is 0 Å². The summed E-state index contributed by atoms with van der Waals surface area (Å²) in [7, 11) is 2.24. The minimum absolute atomic E-state index is 0.0533. The van der Waals surface area contributed by atoms with Crippen LogP contribution in [0.1, 0.15) is 110 Å². The summed E-state index contributed by atoms with van der Waals surface area (Å²) in [5.41, 5.74) is 13.6. The van der Waals surface area contributed by atoms with E-state index in [9.17, 15) is 0 Å². The molecule has 1 heterocycles. The lowest BCUT2D eigenvalue weighted by Gasteiger charge is -2.29. The first-order chi connectivity index (χ1) is 19.6. The van der Waals surface area contributed by atoms with Crippen molar-refractivity contribution in [1.29, 1.82) is 0 Å². The van der Waals surface area contributed by atoms with Crippen LogP contribution in [0.3, 0.4) is 0 Å². The molecule has 1 nitrogen and oxygen atoms in total. The number of nitrogens with zero attached hydrogens (tertiary/aromatic N) is 1. The normalized spacial score (nSPS) is 15.3. The molecule has 0 aromatic heterocycles. The van der Waals surface area contributed by atoms with E-state index in [1.165, 1.54) is 96.1 Å². The van der Waals surface area contributed by atoms with Crippen molar-refractivity contribution in [3.05, 3.63) is 118 Å². The van der Waals surface area contributed by atoms with Crippen LogP contribution in [0.5, 0.6) is 0 Å². The van der Waals surface area contributed by atoms with Crippen LogP contribution in [0.4, 0.5) is 0 Å². The Bertz CT molecular complexity index is 1340. The molecule has 218 valence electrons. The van der Waals surface area contributed by atoms with Crippen LogP contribution in [0.15, 0.2) is 73.3 Å². The van der Waals surface area contributed by atoms with Crippen LogP contribution in [0.25, 0.3) is 11.1 Å². The Kier molecular flexibility index (Phi) is 10.5. The predicted molar refractivity (Wildman–Crippen MR) is 181 cm³/mol. The SMILES string of the molecule is C=C(/C(=C\C)c1cc(C)c(CCCCCc2ccc(C3CCN(C)CC3)cc2)cc1C(C)(C)C)c1ccccc1C. The molecule has 0 radical (unpaired) electrons. The standard InChI is InChI=1S/C40H53N/c1-9-36(31(4)37-18-14-13-15-29(37)2)38-27-30(3)35(28-39(38)40(5,6)7)17-12-10-11-16-32-19-21-33(22-20-32)34-23-25-41(8)26-24-34/h9,13-15,18-22,27-28,34H,4,10-12,16-17,23-26H2,1-3,5-8H3/b36-9+. The Morgan fingerprint density at radius 1 is 0.854 bits per heavy atom. The van der Waals surface area contributed by atoms with Gasteiger partial charge < -0.3 is 4.90 Å². The molecule has 1 saturated heterocycles. The van der Waals surface area contributed by atoms with Crippen molar-refractivity contribution in [2.75, 3.05) is 20.1 Å². The van der Waals surface area contributed by atoms with Gasteiger partial charge >= 0.3 is 0 Å². The van der Waals surface area contributed by atoms with Crippen molar-refractivity contribution in [3.63, 3.8) is 0 Å². The van der Waals surface area contributed by atoms with Crippen LogP contribution in [0, 0.1) is 13.8 Å². The van der Waals surface area contributed by atoms with Gasteiger partial charge in [0.2, 0.25) is 0 Å². The molecule has 1 heteroatoms. The molecule has 4 rings (SSSR count). The summed E-state index contributed by atoms with van der Waals surface area (Å²) in [6.07, 6.45) is 10.9. The highest BCUT2D eigenvalue weighted by Crippen LogP contribution is 2.39. The lowest BCUT2D eigenvalue weighted by Crippen LogP contribution is -2.29. The number of hydrogen-bond donors (Lipinski definition) is 0. The topological polar surface area (TPSA) is 3.24 Å². The predicted octanol–water partition coefficient (Wildman–Crippen LogP) is 10.5. The smallest absolute Gasteiger partial charge is 0.00159 e. The van der Waals surface area contributed by atoms with E-state index in [0.717, 1.165) is 17.9 Å². The molecule has 0 atom stereocenters. The fourth-order valence-corrected chi connectivity index (χ4v) is 6.53. The van der Waals surface area contributed by atoms with Crippen LogP contribution in [-0.2, 0) is 18.3 Å². The second-order valence-electron chi connectivity index (χ2n) is 13.4. The molecule has 0 N–H and O–H groups in total. The summed E-state index contributed by atoms with van der Waals surface area (Å²) in [5.74, 6) is 0.747. The molecule has 0 saturated carbocycles. The Balaban J connectivity index is 1.38. The Morgan fingerprint density at radius 2 is 1.51 bits per heavy atom. The van der Waals surface area contributed by atoms with Gasteiger partial charge in [-0.25, -0.2) is 0 Å². The van der Waals surface area contributed by atoms with Crippen LogP contribution in [0.2, 0.25) is 0 Å². The molecule has 3 aromatic rings. The molecule has 0 aliphatic carbocycles. The molecule has 0 amide bonds. The number of piperidine rings is 1. The summed E-state index contributed by atoms with van der Waals surface area (Å²) in [4.78, 5) is 2.45. The molecule has 1 fully saturated rings. The maximum absolute atomic E-state index is 4.56. The lowest BCUT2D eigenvalue weighted by molar-refractivity contribution is 0.255. The van der Waals surface area contributed by atoms with E-state index in [0.29, 0.717) is 0 Å². The number of unbranched alkanes of at least 4 members (excludes halogenated alkanes) is 2.